The second-order valence-electron chi connectivity index (χ2n) is 3.67. The summed E-state index contributed by atoms with van der Waals surface area (Å²) < 4.78 is 0. The Bertz CT molecular complexity index is 144. The molecule has 0 radical (unpaired) electrons. The summed E-state index contributed by atoms with van der Waals surface area (Å²) in [7, 11) is 0. The monoisotopic (exact) mass is 176 g/mol. The first-order valence-electron chi connectivity index (χ1n) is 3.81. The molecule has 0 unspecified atom stereocenters. The topological polar surface area (TPSA) is 73.1 Å². The number of aliphatic hydroxyl groups excluding tert-OH is 2. The number of β-amino-alcohol motifs (C(OH)–C–C–N with tert-alkyl or cyclic N) is 1. The zero-order valence-electron chi connectivity index (χ0n) is 7.69. The summed E-state index contributed by atoms with van der Waals surface area (Å²) in [6.45, 7) is 5.11. The molecule has 2 N–H and O–H groups in total. The van der Waals surface area contributed by atoms with Crippen LogP contribution in [0.5, 0.6) is 0 Å². The highest BCUT2D eigenvalue weighted by Crippen LogP contribution is 2.13. The van der Waals surface area contributed by atoms with Crippen molar-refractivity contribution >= 4 is 0 Å². The fraction of sp³-hybridized carbons (Fsp3) is 1.00. The molecule has 0 aromatic carbocycles. The molecule has 0 spiro atoms. The van der Waals surface area contributed by atoms with Crippen LogP contribution in [0.3, 0.4) is 0 Å². The highest BCUT2D eigenvalue weighted by Gasteiger charge is 2.23. The molecule has 0 heterocycles. The molecular weight excluding hydrogens is 160 g/mol. The van der Waals surface area contributed by atoms with Crippen molar-refractivity contribution in [3.63, 3.8) is 0 Å². The van der Waals surface area contributed by atoms with Gasteiger partial charge < -0.3 is 10.2 Å². The van der Waals surface area contributed by atoms with Gasteiger partial charge in [-0.3, -0.25) is 5.01 Å². The molecule has 5 nitrogen and oxygen atoms in total. The zero-order valence-corrected chi connectivity index (χ0v) is 7.69. The lowest BCUT2D eigenvalue weighted by atomic mass is 10.1. The van der Waals surface area contributed by atoms with E-state index in [0.29, 0.717) is 0 Å². The van der Waals surface area contributed by atoms with Crippen molar-refractivity contribution in [3.8, 4) is 0 Å². The molecule has 0 saturated heterocycles. The van der Waals surface area contributed by atoms with Crippen LogP contribution in [-0.4, -0.2) is 40.0 Å². The van der Waals surface area contributed by atoms with E-state index in [9.17, 15) is 4.91 Å². The molecule has 12 heavy (non-hydrogen) atoms. The van der Waals surface area contributed by atoms with Gasteiger partial charge in [0.05, 0.1) is 30.1 Å². The van der Waals surface area contributed by atoms with Gasteiger partial charge in [0.25, 0.3) is 0 Å². The Morgan fingerprint density at radius 3 is 2.25 bits per heavy atom. The molecular formula is C7H16N2O3. The first-order valence-corrected chi connectivity index (χ1v) is 3.81. The van der Waals surface area contributed by atoms with Crippen molar-refractivity contribution in [3.05, 3.63) is 4.91 Å². The molecule has 0 rings (SSSR count). The smallest absolute Gasteiger partial charge is 0.0963 e. The standard InChI is InChI=1S/C7H16N2O3/c1-7(2,3)9(8-12)4-6(11)5-10/h6,10-11H,4-5H2,1-3H3/t6-/m0/s1. The summed E-state index contributed by atoms with van der Waals surface area (Å²) in [6, 6.07) is 0. The van der Waals surface area contributed by atoms with Crippen molar-refractivity contribution in [2.75, 3.05) is 13.2 Å². The lowest BCUT2D eigenvalue weighted by molar-refractivity contribution is 0.0272. The summed E-state index contributed by atoms with van der Waals surface area (Å²) in [4.78, 5) is 10.3. The predicted molar refractivity (Wildman–Crippen MR) is 45.3 cm³/mol. The summed E-state index contributed by atoms with van der Waals surface area (Å²) in [5, 5.41) is 21.5. The van der Waals surface area contributed by atoms with Crippen LogP contribution in [0, 0.1) is 4.91 Å². The van der Waals surface area contributed by atoms with Crippen molar-refractivity contribution in [1.82, 2.24) is 5.01 Å². The van der Waals surface area contributed by atoms with Crippen LogP contribution in [0.25, 0.3) is 0 Å². The number of aliphatic hydroxyl groups is 2. The Hall–Kier alpha value is -0.680. The van der Waals surface area contributed by atoms with Crippen molar-refractivity contribution in [2.24, 2.45) is 5.29 Å². The molecule has 0 aromatic heterocycles. The number of nitroso groups, excluding NO2 is 1. The highest BCUT2D eigenvalue weighted by atomic mass is 16.3. The average Bonchev–Trinajstić information content (AvgIpc) is 1.97. The fourth-order valence-electron chi connectivity index (χ4n) is 0.687. The SMILES string of the molecule is CC(C)(C)N(C[C@H](O)CO)N=O. The van der Waals surface area contributed by atoms with Crippen LogP contribution < -0.4 is 0 Å². The van der Waals surface area contributed by atoms with E-state index in [1.54, 1.807) is 20.8 Å². The lowest BCUT2D eigenvalue weighted by Gasteiger charge is -2.30. The minimum Gasteiger partial charge on any atom is -0.394 e. The van der Waals surface area contributed by atoms with Crippen LogP contribution in [0.2, 0.25) is 0 Å². The summed E-state index contributed by atoms with van der Waals surface area (Å²) >= 11 is 0. The van der Waals surface area contributed by atoms with E-state index in [4.69, 9.17) is 10.2 Å². The maximum Gasteiger partial charge on any atom is 0.0963 e. The van der Waals surface area contributed by atoms with Gasteiger partial charge >= 0.3 is 0 Å². The summed E-state index contributed by atoms with van der Waals surface area (Å²) in [6.07, 6.45) is -0.915. The first-order chi connectivity index (χ1) is 5.41. The van der Waals surface area contributed by atoms with Crippen LogP contribution in [0.15, 0.2) is 5.29 Å². The quantitative estimate of drug-likeness (QED) is 0.471. The van der Waals surface area contributed by atoms with Gasteiger partial charge in [-0.05, 0) is 20.8 Å². The third-order valence-electron chi connectivity index (χ3n) is 1.47. The molecule has 0 bridgehead atoms. The van der Waals surface area contributed by atoms with Crippen LogP contribution in [0.1, 0.15) is 20.8 Å². The third kappa shape index (κ3) is 3.64. The van der Waals surface area contributed by atoms with Crippen LogP contribution >= 0.6 is 0 Å². The number of hydrogen-bond donors (Lipinski definition) is 2. The molecule has 72 valence electrons. The highest BCUT2D eigenvalue weighted by molar-refractivity contribution is 4.74. The molecule has 0 saturated carbocycles. The minimum absolute atomic E-state index is 0.0590. The largest absolute Gasteiger partial charge is 0.394 e. The predicted octanol–water partition coefficient (Wildman–Crippen LogP) is 0.122. The second kappa shape index (κ2) is 4.37. The Kier molecular flexibility index (Phi) is 4.12. The molecule has 5 heteroatoms. The molecule has 0 aliphatic heterocycles. The zero-order chi connectivity index (χ0) is 9.78. The lowest BCUT2D eigenvalue weighted by Crippen LogP contribution is -2.42. The molecule has 0 amide bonds. The van der Waals surface area contributed by atoms with Gasteiger partial charge in [0.1, 0.15) is 0 Å². The van der Waals surface area contributed by atoms with Crippen molar-refractivity contribution < 1.29 is 10.2 Å². The Morgan fingerprint density at radius 2 is 2.00 bits per heavy atom. The van der Waals surface area contributed by atoms with Crippen LogP contribution in [-0.2, 0) is 0 Å². The Labute approximate surface area is 71.9 Å². The van der Waals surface area contributed by atoms with E-state index in [0.717, 1.165) is 0 Å². The van der Waals surface area contributed by atoms with E-state index < -0.39 is 11.6 Å². The van der Waals surface area contributed by atoms with Crippen molar-refractivity contribution in [2.45, 2.75) is 32.4 Å². The van der Waals surface area contributed by atoms with E-state index in [1.165, 1.54) is 5.01 Å². The van der Waals surface area contributed by atoms with Crippen LogP contribution in [0.4, 0.5) is 0 Å². The number of hydrogen-bond acceptors (Lipinski definition) is 4. The molecule has 0 fully saturated rings. The van der Waals surface area contributed by atoms with E-state index >= 15 is 0 Å². The minimum atomic E-state index is -0.915. The maximum atomic E-state index is 10.3. The van der Waals surface area contributed by atoms with E-state index in [1.807, 2.05) is 0 Å². The number of rotatable bonds is 4. The van der Waals surface area contributed by atoms with Gasteiger partial charge in [-0.1, -0.05) is 0 Å². The Morgan fingerprint density at radius 1 is 1.50 bits per heavy atom. The number of nitrogens with zero attached hydrogens (tertiary/aromatic N) is 2. The molecule has 0 aromatic rings. The van der Waals surface area contributed by atoms with E-state index in [-0.39, 0.29) is 13.2 Å². The van der Waals surface area contributed by atoms with Gasteiger partial charge in [-0.15, -0.1) is 4.91 Å². The summed E-state index contributed by atoms with van der Waals surface area (Å²) in [5.41, 5.74) is -0.419. The van der Waals surface area contributed by atoms with Crippen molar-refractivity contribution in [1.29, 1.82) is 0 Å². The molecule has 1 atom stereocenters. The van der Waals surface area contributed by atoms with Gasteiger partial charge in [-0.2, -0.15) is 0 Å². The average molecular weight is 176 g/mol. The van der Waals surface area contributed by atoms with E-state index in [2.05, 4.69) is 5.29 Å². The second-order valence-corrected chi connectivity index (χ2v) is 3.67. The maximum absolute atomic E-state index is 10.3. The van der Waals surface area contributed by atoms with Gasteiger partial charge in [-0.25, -0.2) is 0 Å². The first kappa shape index (κ1) is 11.3. The van der Waals surface area contributed by atoms with Gasteiger partial charge in [0, 0.05) is 0 Å². The fourth-order valence-corrected chi connectivity index (χ4v) is 0.687. The molecule has 0 aliphatic rings. The van der Waals surface area contributed by atoms with Gasteiger partial charge in [0.2, 0.25) is 0 Å². The summed E-state index contributed by atoms with van der Waals surface area (Å²) in [5.74, 6) is 0. The third-order valence-corrected chi connectivity index (χ3v) is 1.47. The van der Waals surface area contributed by atoms with Gasteiger partial charge in [0.15, 0.2) is 0 Å². The molecule has 0 aliphatic carbocycles. The Balaban J connectivity index is 4.09. The normalized spacial score (nSPS) is 14.1.